The molecule has 2 heterocycles. The highest BCUT2D eigenvalue weighted by molar-refractivity contribution is 5.95. The van der Waals surface area contributed by atoms with E-state index in [1.807, 2.05) is 0 Å². The van der Waals surface area contributed by atoms with Crippen molar-refractivity contribution < 1.29 is 9.90 Å². The maximum atomic E-state index is 12.4. The number of aromatic nitrogens is 3. The van der Waals surface area contributed by atoms with E-state index in [4.69, 9.17) is 0 Å². The maximum Gasteiger partial charge on any atom is 0.251 e. The molecular weight excluding hydrogens is 268 g/mol. The van der Waals surface area contributed by atoms with Crippen molar-refractivity contribution in [2.75, 3.05) is 6.61 Å². The highest BCUT2D eigenvalue weighted by Crippen LogP contribution is 2.29. The van der Waals surface area contributed by atoms with Gasteiger partial charge < -0.3 is 10.4 Å². The van der Waals surface area contributed by atoms with Crippen LogP contribution in [0.5, 0.6) is 0 Å². The Labute approximate surface area is 122 Å². The summed E-state index contributed by atoms with van der Waals surface area (Å²) >= 11 is 0. The number of imidazole rings is 1. The van der Waals surface area contributed by atoms with Crippen molar-refractivity contribution in [3.8, 4) is 5.82 Å². The Morgan fingerprint density at radius 3 is 2.86 bits per heavy atom. The first-order valence-corrected chi connectivity index (χ1v) is 7.10. The van der Waals surface area contributed by atoms with Gasteiger partial charge in [0.15, 0.2) is 0 Å². The van der Waals surface area contributed by atoms with Gasteiger partial charge in [0.05, 0.1) is 12.1 Å². The number of pyridine rings is 1. The number of nitrogens with one attached hydrogen (secondary N) is 1. The number of carbonyl (C=O) groups is 1. The van der Waals surface area contributed by atoms with E-state index >= 15 is 0 Å². The highest BCUT2D eigenvalue weighted by Gasteiger charge is 2.34. The second kappa shape index (κ2) is 5.65. The lowest BCUT2D eigenvalue weighted by Crippen LogP contribution is -2.49. The van der Waals surface area contributed by atoms with Crippen LogP contribution in [0.15, 0.2) is 37.1 Å². The molecule has 0 bridgehead atoms. The van der Waals surface area contributed by atoms with Gasteiger partial charge in [-0.2, -0.15) is 0 Å². The molecule has 1 aliphatic rings. The van der Waals surface area contributed by atoms with Gasteiger partial charge in [-0.3, -0.25) is 9.36 Å². The number of hydrogen-bond acceptors (Lipinski definition) is 4. The van der Waals surface area contributed by atoms with Crippen LogP contribution in [0, 0.1) is 0 Å². The van der Waals surface area contributed by atoms with E-state index in [0.29, 0.717) is 11.4 Å². The molecule has 3 rings (SSSR count). The topological polar surface area (TPSA) is 80.0 Å². The Hall–Kier alpha value is -2.21. The second-order valence-electron chi connectivity index (χ2n) is 5.47. The molecule has 1 fully saturated rings. The molecule has 1 amide bonds. The first-order chi connectivity index (χ1) is 10.2. The average Bonchev–Trinajstić information content (AvgIpc) is 3.19. The lowest BCUT2D eigenvalue weighted by atomic mass is 9.98. The molecule has 1 saturated carbocycles. The van der Waals surface area contributed by atoms with Crippen molar-refractivity contribution in [2.45, 2.75) is 31.2 Å². The van der Waals surface area contributed by atoms with Gasteiger partial charge in [0.1, 0.15) is 12.1 Å². The van der Waals surface area contributed by atoms with Gasteiger partial charge in [-0.1, -0.05) is 12.8 Å². The number of hydrogen-bond donors (Lipinski definition) is 2. The Morgan fingerprint density at radius 2 is 2.19 bits per heavy atom. The van der Waals surface area contributed by atoms with Crippen LogP contribution in [-0.2, 0) is 0 Å². The molecule has 21 heavy (non-hydrogen) atoms. The van der Waals surface area contributed by atoms with Gasteiger partial charge in [0.2, 0.25) is 0 Å². The summed E-state index contributed by atoms with van der Waals surface area (Å²) in [6.07, 6.45) is 10.4. The van der Waals surface area contributed by atoms with Crippen molar-refractivity contribution in [3.05, 3.63) is 42.6 Å². The SMILES string of the molecule is O=C(NC1(CO)CCCC1)c1ccnc(-n2ccnc2)c1. The number of nitrogens with zero attached hydrogens (tertiary/aromatic N) is 3. The minimum absolute atomic E-state index is 0.0157. The van der Waals surface area contributed by atoms with Gasteiger partial charge in [0, 0.05) is 24.2 Å². The minimum Gasteiger partial charge on any atom is -0.394 e. The lowest BCUT2D eigenvalue weighted by molar-refractivity contribution is 0.0838. The Morgan fingerprint density at radius 1 is 1.38 bits per heavy atom. The number of aliphatic hydroxyl groups excluding tert-OH is 1. The maximum absolute atomic E-state index is 12.4. The molecule has 1 aliphatic carbocycles. The van der Waals surface area contributed by atoms with E-state index in [2.05, 4.69) is 15.3 Å². The van der Waals surface area contributed by atoms with Crippen LogP contribution in [0.25, 0.3) is 5.82 Å². The van der Waals surface area contributed by atoms with E-state index in [0.717, 1.165) is 25.7 Å². The summed E-state index contributed by atoms with van der Waals surface area (Å²) in [4.78, 5) is 20.6. The fourth-order valence-electron chi connectivity index (χ4n) is 2.78. The second-order valence-corrected chi connectivity index (χ2v) is 5.47. The first-order valence-electron chi connectivity index (χ1n) is 7.10. The van der Waals surface area contributed by atoms with Crippen LogP contribution in [0.4, 0.5) is 0 Å². The molecule has 2 aromatic rings. The third-order valence-electron chi connectivity index (χ3n) is 4.02. The number of aliphatic hydroxyl groups is 1. The zero-order chi connectivity index (χ0) is 14.7. The predicted octanol–water partition coefficient (Wildman–Crippen LogP) is 1.30. The van der Waals surface area contributed by atoms with E-state index in [1.54, 1.807) is 41.6 Å². The highest BCUT2D eigenvalue weighted by atomic mass is 16.3. The van der Waals surface area contributed by atoms with Crippen molar-refractivity contribution in [1.29, 1.82) is 0 Å². The fraction of sp³-hybridized carbons (Fsp3) is 0.400. The molecule has 0 spiro atoms. The third-order valence-corrected chi connectivity index (χ3v) is 4.02. The van der Waals surface area contributed by atoms with Crippen LogP contribution < -0.4 is 5.32 Å². The van der Waals surface area contributed by atoms with Crippen molar-refractivity contribution in [1.82, 2.24) is 19.9 Å². The average molecular weight is 286 g/mol. The van der Waals surface area contributed by atoms with Crippen LogP contribution in [0.1, 0.15) is 36.0 Å². The molecule has 0 aromatic carbocycles. The molecule has 0 aliphatic heterocycles. The summed E-state index contributed by atoms with van der Waals surface area (Å²) in [7, 11) is 0. The predicted molar refractivity (Wildman–Crippen MR) is 77.1 cm³/mol. The van der Waals surface area contributed by atoms with Gasteiger partial charge in [-0.25, -0.2) is 9.97 Å². The van der Waals surface area contributed by atoms with Crippen molar-refractivity contribution in [2.24, 2.45) is 0 Å². The third kappa shape index (κ3) is 2.80. The number of carbonyl (C=O) groups excluding carboxylic acids is 1. The van der Waals surface area contributed by atoms with Crippen LogP contribution in [-0.4, -0.2) is 37.7 Å². The summed E-state index contributed by atoms with van der Waals surface area (Å²) in [6.45, 7) is -0.0157. The minimum atomic E-state index is -0.463. The molecule has 0 saturated heterocycles. The fourth-order valence-corrected chi connectivity index (χ4v) is 2.78. The summed E-state index contributed by atoms with van der Waals surface area (Å²) in [5, 5.41) is 12.6. The smallest absolute Gasteiger partial charge is 0.251 e. The molecule has 110 valence electrons. The zero-order valence-corrected chi connectivity index (χ0v) is 11.7. The molecule has 2 N–H and O–H groups in total. The molecular formula is C15H18N4O2. The van der Waals surface area contributed by atoms with E-state index in [1.165, 1.54) is 0 Å². The van der Waals surface area contributed by atoms with Crippen LogP contribution in [0.3, 0.4) is 0 Å². The largest absolute Gasteiger partial charge is 0.394 e. The van der Waals surface area contributed by atoms with E-state index in [-0.39, 0.29) is 12.5 Å². The molecule has 6 heteroatoms. The number of amides is 1. The Balaban J connectivity index is 1.80. The molecule has 0 atom stereocenters. The van der Waals surface area contributed by atoms with Gasteiger partial charge in [-0.15, -0.1) is 0 Å². The van der Waals surface area contributed by atoms with Crippen molar-refractivity contribution in [3.63, 3.8) is 0 Å². The molecule has 0 radical (unpaired) electrons. The van der Waals surface area contributed by atoms with Gasteiger partial charge in [-0.05, 0) is 25.0 Å². The summed E-state index contributed by atoms with van der Waals surface area (Å²) in [5.41, 5.74) is 0.0728. The molecule has 2 aromatic heterocycles. The van der Waals surface area contributed by atoms with Gasteiger partial charge in [0.25, 0.3) is 5.91 Å². The zero-order valence-electron chi connectivity index (χ0n) is 11.7. The van der Waals surface area contributed by atoms with Crippen LogP contribution in [0.2, 0.25) is 0 Å². The van der Waals surface area contributed by atoms with Gasteiger partial charge >= 0.3 is 0 Å². The standard InChI is InChI=1S/C15H18N4O2/c20-10-15(4-1-2-5-15)18-14(21)12-3-6-17-13(9-12)19-8-7-16-11-19/h3,6-9,11,20H,1-2,4-5,10H2,(H,18,21). The summed E-state index contributed by atoms with van der Waals surface area (Å²) in [6, 6.07) is 3.40. The Kier molecular flexibility index (Phi) is 3.70. The first kappa shape index (κ1) is 13.8. The van der Waals surface area contributed by atoms with E-state index < -0.39 is 5.54 Å². The Bertz CT molecular complexity index is 618. The molecule has 6 nitrogen and oxygen atoms in total. The molecule has 0 unspecified atom stereocenters. The summed E-state index contributed by atoms with van der Waals surface area (Å²) < 4.78 is 1.74. The van der Waals surface area contributed by atoms with Crippen molar-refractivity contribution >= 4 is 5.91 Å². The quantitative estimate of drug-likeness (QED) is 0.888. The van der Waals surface area contributed by atoms with Crippen LogP contribution >= 0.6 is 0 Å². The lowest BCUT2D eigenvalue weighted by Gasteiger charge is -2.28. The summed E-state index contributed by atoms with van der Waals surface area (Å²) in [5.74, 6) is 0.472. The van der Waals surface area contributed by atoms with E-state index in [9.17, 15) is 9.90 Å². The monoisotopic (exact) mass is 286 g/mol. The normalized spacial score (nSPS) is 16.8. The number of rotatable bonds is 4.